The van der Waals surface area contributed by atoms with E-state index in [-0.39, 0.29) is 0 Å². The summed E-state index contributed by atoms with van der Waals surface area (Å²) >= 11 is 0. The van der Waals surface area contributed by atoms with Crippen LogP contribution in [0.3, 0.4) is 0 Å². The van der Waals surface area contributed by atoms with Crippen molar-refractivity contribution in [3.05, 3.63) is 238 Å². The zero-order valence-electron chi connectivity index (χ0n) is 38.8. The van der Waals surface area contributed by atoms with Gasteiger partial charge in [-0.15, -0.1) is 0 Å². The largest absolute Gasteiger partial charge is 0.460 e. The standard InChI is InChI=1S/C64H50N2O2/c1-5-19-54-41(4)51-38-47(34-37-55(51)66(54)45-24-13-8-14-25-45)65(46-32-30-42(31-33-46)40(2)3)56-39-53-61(63-59(56)50-27-16-18-29-58(50)68-63)60-52(36-35-49-48-26-15-17-28-57(48)67-62(49)60)64(53,43-20-9-6-10-21-43)44-22-11-7-12-23-44/h5-17,19-28,30-40H,18,29H2,1-4H3/b19-5-. The normalized spacial score (nSPS) is 13.9. The van der Waals surface area contributed by atoms with Gasteiger partial charge in [-0.3, -0.25) is 0 Å². The van der Waals surface area contributed by atoms with Crippen LogP contribution < -0.4 is 4.90 Å². The van der Waals surface area contributed by atoms with Crippen molar-refractivity contribution in [1.29, 1.82) is 0 Å². The second kappa shape index (κ2) is 15.5. The second-order valence-electron chi connectivity index (χ2n) is 18.8. The van der Waals surface area contributed by atoms with Crippen molar-refractivity contribution >= 4 is 73.0 Å². The zero-order chi connectivity index (χ0) is 45.7. The zero-order valence-corrected chi connectivity index (χ0v) is 38.8. The molecule has 4 heteroatoms. The minimum Gasteiger partial charge on any atom is -0.460 e. The Labute approximate surface area is 396 Å². The average molecular weight is 879 g/mol. The minimum atomic E-state index is -0.728. The summed E-state index contributed by atoms with van der Waals surface area (Å²) < 4.78 is 16.9. The molecule has 68 heavy (non-hydrogen) atoms. The molecule has 0 fully saturated rings. The van der Waals surface area contributed by atoms with E-state index in [1.165, 1.54) is 50.0 Å². The van der Waals surface area contributed by atoms with Crippen molar-refractivity contribution in [2.75, 3.05) is 4.90 Å². The summed E-state index contributed by atoms with van der Waals surface area (Å²) in [6.45, 7) is 8.89. The molecule has 0 amide bonds. The van der Waals surface area contributed by atoms with Gasteiger partial charge in [-0.2, -0.15) is 0 Å². The van der Waals surface area contributed by atoms with E-state index >= 15 is 0 Å². The van der Waals surface area contributed by atoms with Gasteiger partial charge >= 0.3 is 0 Å². The van der Waals surface area contributed by atoms with Crippen LogP contribution in [0, 0.1) is 6.92 Å². The van der Waals surface area contributed by atoms with Crippen LogP contribution in [-0.4, -0.2) is 4.57 Å². The van der Waals surface area contributed by atoms with E-state index in [1.54, 1.807) is 0 Å². The van der Waals surface area contributed by atoms with Gasteiger partial charge in [0.15, 0.2) is 0 Å². The van der Waals surface area contributed by atoms with Crippen LogP contribution in [0.25, 0.3) is 72.8 Å². The van der Waals surface area contributed by atoms with Crippen LogP contribution in [0.4, 0.5) is 17.1 Å². The van der Waals surface area contributed by atoms with E-state index in [2.05, 4.69) is 237 Å². The molecule has 0 saturated heterocycles. The number of para-hydroxylation sites is 2. The highest BCUT2D eigenvalue weighted by Crippen LogP contribution is 2.63. The van der Waals surface area contributed by atoms with Gasteiger partial charge in [0.05, 0.1) is 22.0 Å². The smallest absolute Gasteiger partial charge is 0.145 e. The third-order valence-electron chi connectivity index (χ3n) is 14.8. The molecule has 0 saturated carbocycles. The number of anilines is 3. The molecular formula is C64H50N2O2. The molecule has 0 bridgehead atoms. The number of benzene rings is 8. The van der Waals surface area contributed by atoms with Crippen molar-refractivity contribution in [3.63, 3.8) is 0 Å². The van der Waals surface area contributed by atoms with Crippen LogP contribution in [0.15, 0.2) is 197 Å². The van der Waals surface area contributed by atoms with Crippen molar-refractivity contribution < 1.29 is 8.83 Å². The minimum absolute atomic E-state index is 0.392. The van der Waals surface area contributed by atoms with Crippen LogP contribution >= 0.6 is 0 Å². The molecule has 13 rings (SSSR count). The fourth-order valence-corrected chi connectivity index (χ4v) is 11.7. The summed E-state index contributed by atoms with van der Waals surface area (Å²) in [5.41, 5.74) is 19.2. The lowest BCUT2D eigenvalue weighted by Crippen LogP contribution is -2.28. The monoisotopic (exact) mass is 878 g/mol. The average Bonchev–Trinajstić information content (AvgIpc) is 4.12. The second-order valence-corrected chi connectivity index (χ2v) is 18.8. The summed E-state index contributed by atoms with van der Waals surface area (Å²) in [6.07, 6.45) is 10.7. The maximum Gasteiger partial charge on any atom is 0.145 e. The third-order valence-corrected chi connectivity index (χ3v) is 14.8. The topological polar surface area (TPSA) is 34.5 Å². The number of aryl methyl sites for hydroxylation is 2. The van der Waals surface area contributed by atoms with E-state index in [9.17, 15) is 0 Å². The number of furan rings is 2. The number of allylic oxidation sites excluding steroid dienone is 2. The van der Waals surface area contributed by atoms with Gasteiger partial charge in [0.1, 0.15) is 22.5 Å². The van der Waals surface area contributed by atoms with Crippen molar-refractivity contribution in [3.8, 4) is 16.8 Å². The Morgan fingerprint density at radius 3 is 2.03 bits per heavy atom. The Morgan fingerprint density at radius 1 is 0.632 bits per heavy atom. The highest BCUT2D eigenvalue weighted by molar-refractivity contribution is 6.19. The number of aromatic nitrogens is 1. The van der Waals surface area contributed by atoms with E-state index in [0.29, 0.717) is 5.92 Å². The van der Waals surface area contributed by atoms with Gasteiger partial charge in [-0.25, -0.2) is 0 Å². The lowest BCUT2D eigenvalue weighted by molar-refractivity contribution is 0.546. The SMILES string of the molecule is C/C=C\c1c(C)c2cc(N(c3ccc(C(C)C)cc3)c3cc4c(c5oc6c(c35)C=CCC6)-c3c(ccc5c3oc3ccccc35)C4(c3ccccc3)c3ccccc3)ccc2n1-c1ccccc1. The first kappa shape index (κ1) is 40.2. The molecule has 4 nitrogen and oxygen atoms in total. The number of nitrogens with zero attached hydrogens (tertiary/aromatic N) is 2. The van der Waals surface area contributed by atoms with Crippen molar-refractivity contribution in [2.24, 2.45) is 0 Å². The maximum absolute atomic E-state index is 7.45. The summed E-state index contributed by atoms with van der Waals surface area (Å²) in [7, 11) is 0. The van der Waals surface area contributed by atoms with E-state index in [1.807, 2.05) is 0 Å². The maximum atomic E-state index is 7.45. The first-order chi connectivity index (χ1) is 33.4. The first-order valence-electron chi connectivity index (χ1n) is 24.0. The molecule has 0 unspecified atom stereocenters. The lowest BCUT2D eigenvalue weighted by atomic mass is 9.67. The molecule has 2 aliphatic rings. The Kier molecular flexibility index (Phi) is 9.17. The van der Waals surface area contributed by atoms with Crippen LogP contribution in [0.1, 0.15) is 83.5 Å². The molecule has 3 heterocycles. The predicted molar refractivity (Wildman–Crippen MR) is 283 cm³/mol. The molecule has 0 aliphatic heterocycles. The summed E-state index contributed by atoms with van der Waals surface area (Å²) in [4.78, 5) is 2.50. The summed E-state index contributed by atoms with van der Waals surface area (Å²) in [5.74, 6) is 1.41. The molecule has 0 N–H and O–H groups in total. The van der Waals surface area contributed by atoms with Gasteiger partial charge in [-0.1, -0.05) is 153 Å². The van der Waals surface area contributed by atoms with E-state index < -0.39 is 5.41 Å². The van der Waals surface area contributed by atoms with Gasteiger partial charge in [0, 0.05) is 62.0 Å². The summed E-state index contributed by atoms with van der Waals surface area (Å²) in [6, 6.07) is 64.7. The Hall–Kier alpha value is -8.08. The molecule has 0 radical (unpaired) electrons. The first-order valence-corrected chi connectivity index (χ1v) is 24.0. The lowest BCUT2D eigenvalue weighted by Gasteiger charge is -2.35. The van der Waals surface area contributed by atoms with Crippen LogP contribution in [0.5, 0.6) is 0 Å². The van der Waals surface area contributed by atoms with Crippen LogP contribution in [-0.2, 0) is 11.8 Å². The molecule has 11 aromatic rings. The van der Waals surface area contributed by atoms with Crippen LogP contribution in [0.2, 0.25) is 0 Å². The van der Waals surface area contributed by atoms with Gasteiger partial charge in [0.25, 0.3) is 0 Å². The molecule has 8 aromatic carbocycles. The Bertz CT molecular complexity index is 3790. The number of rotatable bonds is 8. The van der Waals surface area contributed by atoms with E-state index in [4.69, 9.17) is 8.83 Å². The Morgan fingerprint density at radius 2 is 1.31 bits per heavy atom. The molecule has 3 aromatic heterocycles. The summed E-state index contributed by atoms with van der Waals surface area (Å²) in [5, 5.41) is 4.52. The van der Waals surface area contributed by atoms with Gasteiger partial charge in [-0.05, 0) is 120 Å². The predicted octanol–water partition coefficient (Wildman–Crippen LogP) is 17.5. The molecule has 328 valence electrons. The molecule has 0 spiro atoms. The fourth-order valence-electron chi connectivity index (χ4n) is 11.7. The Balaban J connectivity index is 1.19. The number of hydrogen-bond acceptors (Lipinski definition) is 3. The van der Waals surface area contributed by atoms with Gasteiger partial charge in [0.2, 0.25) is 0 Å². The van der Waals surface area contributed by atoms with Crippen molar-refractivity contribution in [2.45, 2.75) is 51.9 Å². The highest BCUT2D eigenvalue weighted by atomic mass is 16.3. The quantitative estimate of drug-likeness (QED) is 0.153. The highest BCUT2D eigenvalue weighted by Gasteiger charge is 2.50. The van der Waals surface area contributed by atoms with Crippen molar-refractivity contribution in [1.82, 2.24) is 4.57 Å². The number of fused-ring (bicyclic) bond motifs is 12. The number of hydrogen-bond donors (Lipinski definition) is 0. The van der Waals surface area contributed by atoms with Gasteiger partial charge < -0.3 is 18.3 Å². The molecular weight excluding hydrogens is 829 g/mol. The molecule has 2 aliphatic carbocycles. The van der Waals surface area contributed by atoms with E-state index in [0.717, 1.165) is 90.9 Å². The third kappa shape index (κ3) is 5.73. The fraction of sp³-hybridized carbons (Fsp3) is 0.125. The molecule has 0 atom stereocenters.